The van der Waals surface area contributed by atoms with Gasteiger partial charge in [-0.15, -0.1) is 0 Å². The van der Waals surface area contributed by atoms with E-state index >= 15 is 0 Å². The molecule has 2 rings (SSSR count). The monoisotopic (exact) mass is 232 g/mol. The second-order valence-corrected chi connectivity index (χ2v) is 6.20. The van der Waals surface area contributed by atoms with E-state index in [2.05, 4.69) is 51.3 Å². The Morgan fingerprint density at radius 1 is 1.35 bits per heavy atom. The highest BCUT2D eigenvalue weighted by atomic mass is 15.2. The maximum Gasteiger partial charge on any atom is 0.0284 e. The number of rotatable bonds is 4. The summed E-state index contributed by atoms with van der Waals surface area (Å²) >= 11 is 0. The molecule has 0 saturated heterocycles. The summed E-state index contributed by atoms with van der Waals surface area (Å²) in [6.45, 7) is 8.97. The Hall–Kier alpha value is -0.860. The van der Waals surface area contributed by atoms with Crippen LogP contribution in [0.5, 0.6) is 0 Å². The van der Waals surface area contributed by atoms with Crippen LogP contribution < -0.4 is 11.3 Å². The van der Waals surface area contributed by atoms with Gasteiger partial charge in [-0.05, 0) is 54.7 Å². The standard InChI is InChI=1S/C15H24N2/c1-10-5-6-12(7-11(10)2)8-14(17-16)13-9-15(13,3)4/h5-7,13-14,17H,8-9,16H2,1-4H3. The van der Waals surface area contributed by atoms with Crippen LogP contribution in [0.2, 0.25) is 0 Å². The van der Waals surface area contributed by atoms with E-state index in [-0.39, 0.29) is 0 Å². The number of nitrogens with two attached hydrogens (primary N) is 1. The van der Waals surface area contributed by atoms with Gasteiger partial charge in [0.15, 0.2) is 0 Å². The van der Waals surface area contributed by atoms with Gasteiger partial charge < -0.3 is 0 Å². The molecule has 2 nitrogen and oxygen atoms in total. The highest BCUT2D eigenvalue weighted by Crippen LogP contribution is 2.53. The Bertz CT molecular complexity index is 409. The van der Waals surface area contributed by atoms with E-state index in [1.54, 1.807) is 0 Å². The molecule has 0 aliphatic heterocycles. The van der Waals surface area contributed by atoms with Crippen molar-refractivity contribution in [1.82, 2.24) is 5.43 Å². The average Bonchev–Trinajstić information content (AvgIpc) is 2.89. The van der Waals surface area contributed by atoms with Gasteiger partial charge >= 0.3 is 0 Å². The highest BCUT2D eigenvalue weighted by Gasteiger charge is 2.49. The van der Waals surface area contributed by atoms with Gasteiger partial charge in [-0.25, -0.2) is 0 Å². The first-order valence-electron chi connectivity index (χ1n) is 6.46. The third-order valence-electron chi connectivity index (χ3n) is 4.32. The molecule has 0 spiro atoms. The zero-order chi connectivity index (χ0) is 12.6. The van der Waals surface area contributed by atoms with Crippen molar-refractivity contribution in [1.29, 1.82) is 0 Å². The van der Waals surface area contributed by atoms with Crippen molar-refractivity contribution in [3.63, 3.8) is 0 Å². The van der Waals surface area contributed by atoms with Crippen LogP contribution in [0.1, 0.15) is 37.0 Å². The third-order valence-corrected chi connectivity index (χ3v) is 4.32. The Balaban J connectivity index is 2.06. The Morgan fingerprint density at radius 3 is 2.47 bits per heavy atom. The fourth-order valence-electron chi connectivity index (χ4n) is 2.70. The molecule has 1 aromatic carbocycles. The first-order chi connectivity index (χ1) is 7.94. The lowest BCUT2D eigenvalue weighted by Crippen LogP contribution is -2.39. The smallest absolute Gasteiger partial charge is 0.0284 e. The van der Waals surface area contributed by atoms with E-state index in [4.69, 9.17) is 5.84 Å². The zero-order valence-electron chi connectivity index (χ0n) is 11.4. The zero-order valence-corrected chi connectivity index (χ0v) is 11.4. The van der Waals surface area contributed by atoms with Crippen LogP contribution in [0, 0.1) is 25.2 Å². The topological polar surface area (TPSA) is 38.0 Å². The molecule has 1 aromatic rings. The second-order valence-electron chi connectivity index (χ2n) is 6.20. The van der Waals surface area contributed by atoms with Crippen molar-refractivity contribution >= 4 is 0 Å². The third kappa shape index (κ3) is 2.70. The van der Waals surface area contributed by atoms with Crippen molar-refractivity contribution in [2.75, 3.05) is 0 Å². The first kappa shape index (κ1) is 12.6. The van der Waals surface area contributed by atoms with Crippen LogP contribution in [-0.4, -0.2) is 6.04 Å². The molecular formula is C15H24N2. The molecule has 1 fully saturated rings. The van der Waals surface area contributed by atoms with E-state index < -0.39 is 0 Å². The number of benzene rings is 1. The van der Waals surface area contributed by atoms with Gasteiger partial charge in [0.05, 0.1) is 0 Å². The number of hydrogen-bond donors (Lipinski definition) is 2. The van der Waals surface area contributed by atoms with Gasteiger partial charge in [0.1, 0.15) is 0 Å². The van der Waals surface area contributed by atoms with Crippen molar-refractivity contribution in [3.8, 4) is 0 Å². The fraction of sp³-hybridized carbons (Fsp3) is 0.600. The minimum atomic E-state index is 0.409. The average molecular weight is 232 g/mol. The number of hydrazine groups is 1. The summed E-state index contributed by atoms with van der Waals surface area (Å²) in [6, 6.07) is 7.13. The van der Waals surface area contributed by atoms with Gasteiger partial charge in [0, 0.05) is 6.04 Å². The van der Waals surface area contributed by atoms with Gasteiger partial charge in [-0.3, -0.25) is 11.3 Å². The van der Waals surface area contributed by atoms with E-state index in [1.165, 1.54) is 23.1 Å². The lowest BCUT2D eigenvalue weighted by molar-refractivity contribution is 0.408. The maximum atomic E-state index is 5.70. The Kier molecular flexibility index (Phi) is 3.28. The SMILES string of the molecule is Cc1ccc(CC(NN)C2CC2(C)C)cc1C. The summed E-state index contributed by atoms with van der Waals surface area (Å²) < 4.78 is 0. The van der Waals surface area contributed by atoms with Crippen LogP contribution >= 0.6 is 0 Å². The summed E-state index contributed by atoms with van der Waals surface area (Å²) in [5.41, 5.74) is 7.59. The molecule has 17 heavy (non-hydrogen) atoms. The predicted octanol–water partition coefficient (Wildman–Crippen LogP) is 2.72. The number of nitrogens with one attached hydrogen (secondary N) is 1. The van der Waals surface area contributed by atoms with E-state index in [0.29, 0.717) is 17.4 Å². The van der Waals surface area contributed by atoms with E-state index in [0.717, 1.165) is 6.42 Å². The Morgan fingerprint density at radius 2 is 2.00 bits per heavy atom. The normalized spacial score (nSPS) is 23.5. The largest absolute Gasteiger partial charge is 0.271 e. The van der Waals surface area contributed by atoms with Gasteiger partial charge in [-0.2, -0.15) is 0 Å². The molecule has 0 aromatic heterocycles. The molecule has 2 heteroatoms. The maximum absolute atomic E-state index is 5.70. The quantitative estimate of drug-likeness (QED) is 0.619. The predicted molar refractivity (Wildman–Crippen MR) is 72.6 cm³/mol. The van der Waals surface area contributed by atoms with Crippen LogP contribution in [0.4, 0.5) is 0 Å². The molecule has 1 aliphatic carbocycles. The molecule has 0 radical (unpaired) electrons. The second kappa shape index (κ2) is 4.43. The summed E-state index contributed by atoms with van der Waals surface area (Å²) in [7, 11) is 0. The molecule has 94 valence electrons. The van der Waals surface area contributed by atoms with Crippen LogP contribution in [-0.2, 0) is 6.42 Å². The van der Waals surface area contributed by atoms with Crippen molar-refractivity contribution in [2.45, 2.75) is 46.6 Å². The Labute approximate surface area is 105 Å². The minimum absolute atomic E-state index is 0.409. The molecule has 2 unspecified atom stereocenters. The summed E-state index contributed by atoms with van der Waals surface area (Å²) in [5, 5.41) is 0. The molecule has 0 heterocycles. The lowest BCUT2D eigenvalue weighted by atomic mass is 9.96. The highest BCUT2D eigenvalue weighted by molar-refractivity contribution is 5.30. The number of aryl methyl sites for hydroxylation is 2. The van der Waals surface area contributed by atoms with Crippen LogP contribution in [0.15, 0.2) is 18.2 Å². The van der Waals surface area contributed by atoms with Gasteiger partial charge in [-0.1, -0.05) is 32.0 Å². The van der Waals surface area contributed by atoms with Gasteiger partial charge in [0.25, 0.3) is 0 Å². The van der Waals surface area contributed by atoms with Crippen molar-refractivity contribution in [2.24, 2.45) is 17.2 Å². The van der Waals surface area contributed by atoms with Crippen LogP contribution in [0.25, 0.3) is 0 Å². The summed E-state index contributed by atoms with van der Waals surface area (Å²) in [5.74, 6) is 6.42. The number of hydrogen-bond acceptors (Lipinski definition) is 2. The molecule has 2 atom stereocenters. The van der Waals surface area contributed by atoms with Crippen LogP contribution in [0.3, 0.4) is 0 Å². The van der Waals surface area contributed by atoms with E-state index in [1.807, 2.05) is 0 Å². The molecule has 1 aliphatic rings. The lowest BCUT2D eigenvalue weighted by Gasteiger charge is -2.18. The van der Waals surface area contributed by atoms with Crippen molar-refractivity contribution < 1.29 is 0 Å². The van der Waals surface area contributed by atoms with Gasteiger partial charge in [0.2, 0.25) is 0 Å². The molecule has 0 amide bonds. The molecule has 0 bridgehead atoms. The first-order valence-corrected chi connectivity index (χ1v) is 6.46. The van der Waals surface area contributed by atoms with E-state index in [9.17, 15) is 0 Å². The summed E-state index contributed by atoms with van der Waals surface area (Å²) in [4.78, 5) is 0. The minimum Gasteiger partial charge on any atom is -0.271 e. The van der Waals surface area contributed by atoms with Crippen molar-refractivity contribution in [3.05, 3.63) is 34.9 Å². The molecule has 1 saturated carbocycles. The molecular weight excluding hydrogens is 208 g/mol. The molecule has 3 N–H and O–H groups in total. The fourth-order valence-corrected chi connectivity index (χ4v) is 2.70. The summed E-state index contributed by atoms with van der Waals surface area (Å²) in [6.07, 6.45) is 2.32.